The summed E-state index contributed by atoms with van der Waals surface area (Å²) < 4.78 is 1.99. The van der Waals surface area contributed by atoms with Gasteiger partial charge in [0.15, 0.2) is 0 Å². The van der Waals surface area contributed by atoms with Crippen molar-refractivity contribution in [2.75, 3.05) is 0 Å². The largest absolute Gasteiger partial charge is 0.349 e. The molecular weight excluding hydrogens is 274 g/mol. The van der Waals surface area contributed by atoms with Crippen molar-refractivity contribution in [3.63, 3.8) is 0 Å². The number of nitrogens with one attached hydrogen (secondary N) is 1. The molecule has 2 aliphatic rings. The fourth-order valence-electron chi connectivity index (χ4n) is 4.46. The second kappa shape index (κ2) is 5.11. The summed E-state index contributed by atoms with van der Waals surface area (Å²) in [6.45, 7) is 4.02. The van der Waals surface area contributed by atoms with Crippen molar-refractivity contribution >= 4 is 11.6 Å². The molecule has 2 saturated carbocycles. The van der Waals surface area contributed by atoms with E-state index in [9.17, 15) is 4.79 Å². The van der Waals surface area contributed by atoms with Crippen LogP contribution < -0.4 is 5.32 Å². The Labute approximate surface area is 130 Å². The van der Waals surface area contributed by atoms with Crippen LogP contribution in [0.1, 0.15) is 53.8 Å². The molecule has 0 spiro atoms. The van der Waals surface area contributed by atoms with Gasteiger partial charge in [-0.2, -0.15) is 0 Å². The Bertz CT molecular complexity index is 721. The van der Waals surface area contributed by atoms with Crippen LogP contribution >= 0.6 is 0 Å². The van der Waals surface area contributed by atoms with Gasteiger partial charge in [0.1, 0.15) is 5.65 Å². The molecule has 2 aliphatic carbocycles. The van der Waals surface area contributed by atoms with Gasteiger partial charge in [-0.15, -0.1) is 0 Å². The fraction of sp³-hybridized carbons (Fsp3) is 0.556. The van der Waals surface area contributed by atoms with Crippen LogP contribution in [0.4, 0.5) is 0 Å². The Morgan fingerprint density at radius 3 is 2.68 bits per heavy atom. The van der Waals surface area contributed by atoms with Gasteiger partial charge >= 0.3 is 0 Å². The Balaban J connectivity index is 1.58. The van der Waals surface area contributed by atoms with Gasteiger partial charge < -0.3 is 9.72 Å². The molecular formula is C18H23N3O. The molecule has 2 aromatic rings. The van der Waals surface area contributed by atoms with Crippen molar-refractivity contribution in [2.45, 2.75) is 52.0 Å². The predicted octanol–water partition coefficient (Wildman–Crippen LogP) is 3.26. The summed E-state index contributed by atoms with van der Waals surface area (Å²) in [6.07, 6.45) is 8.33. The maximum Gasteiger partial charge on any atom is 0.255 e. The smallest absolute Gasteiger partial charge is 0.255 e. The molecule has 2 fully saturated rings. The molecule has 0 aliphatic heterocycles. The molecule has 2 aromatic heterocycles. The van der Waals surface area contributed by atoms with E-state index >= 15 is 0 Å². The van der Waals surface area contributed by atoms with Crippen LogP contribution in [-0.4, -0.2) is 21.3 Å². The molecule has 1 N–H and O–H groups in total. The lowest BCUT2D eigenvalue weighted by molar-refractivity contribution is 0.0919. The first-order valence-electron chi connectivity index (χ1n) is 8.36. The van der Waals surface area contributed by atoms with E-state index < -0.39 is 0 Å². The Morgan fingerprint density at radius 1 is 1.23 bits per heavy atom. The highest BCUT2D eigenvalue weighted by molar-refractivity contribution is 6.00. The first kappa shape index (κ1) is 13.8. The first-order valence-corrected chi connectivity index (χ1v) is 8.36. The Morgan fingerprint density at radius 2 is 1.95 bits per heavy atom. The average Bonchev–Trinajstić information content (AvgIpc) is 3.02. The number of amides is 1. The highest BCUT2D eigenvalue weighted by Gasteiger charge is 2.34. The second-order valence-electron chi connectivity index (χ2n) is 7.15. The second-order valence-corrected chi connectivity index (χ2v) is 7.15. The number of carbonyl (C=O) groups is 1. The maximum atomic E-state index is 12.7. The number of hydrogen-bond donors (Lipinski definition) is 1. The lowest BCUT2D eigenvalue weighted by Crippen LogP contribution is -2.38. The maximum absolute atomic E-state index is 12.7. The Hall–Kier alpha value is -1.84. The summed E-state index contributed by atoms with van der Waals surface area (Å²) in [5, 5.41) is 3.26. The van der Waals surface area contributed by atoms with Gasteiger partial charge in [-0.1, -0.05) is 12.8 Å². The molecule has 4 nitrogen and oxygen atoms in total. The van der Waals surface area contributed by atoms with E-state index in [0.29, 0.717) is 11.6 Å². The molecule has 22 heavy (non-hydrogen) atoms. The van der Waals surface area contributed by atoms with E-state index in [0.717, 1.165) is 41.7 Å². The van der Waals surface area contributed by atoms with Crippen molar-refractivity contribution in [1.82, 2.24) is 14.7 Å². The summed E-state index contributed by atoms with van der Waals surface area (Å²) in [4.78, 5) is 17.2. The van der Waals surface area contributed by atoms with Gasteiger partial charge in [-0.25, -0.2) is 4.98 Å². The highest BCUT2D eigenvalue weighted by atomic mass is 16.1. The van der Waals surface area contributed by atoms with Gasteiger partial charge in [0, 0.05) is 23.6 Å². The molecule has 0 radical (unpaired) electrons. The molecule has 2 heterocycles. The molecule has 2 bridgehead atoms. The van der Waals surface area contributed by atoms with Crippen LogP contribution in [0.25, 0.3) is 5.65 Å². The monoisotopic (exact) mass is 297 g/mol. The fourth-order valence-corrected chi connectivity index (χ4v) is 4.46. The van der Waals surface area contributed by atoms with Gasteiger partial charge in [-0.05, 0) is 57.1 Å². The minimum Gasteiger partial charge on any atom is -0.349 e. The SMILES string of the molecule is Cc1cc(C)n2ccc(C(=O)NC3CC4CCC(C4)C3)c2n1. The van der Waals surface area contributed by atoms with E-state index in [-0.39, 0.29) is 5.91 Å². The molecule has 116 valence electrons. The van der Waals surface area contributed by atoms with Crippen LogP contribution in [0.2, 0.25) is 0 Å². The minimum atomic E-state index is 0.0336. The molecule has 4 heteroatoms. The van der Waals surface area contributed by atoms with E-state index in [4.69, 9.17) is 0 Å². The van der Waals surface area contributed by atoms with E-state index in [1.807, 2.05) is 36.6 Å². The summed E-state index contributed by atoms with van der Waals surface area (Å²) in [5.41, 5.74) is 3.53. The number of carbonyl (C=O) groups excluding carboxylic acids is 1. The van der Waals surface area contributed by atoms with Gasteiger partial charge in [0.05, 0.1) is 5.56 Å². The number of hydrogen-bond acceptors (Lipinski definition) is 2. The third-order valence-electron chi connectivity index (χ3n) is 5.40. The normalized spacial score (nSPS) is 27.3. The third kappa shape index (κ3) is 2.31. The van der Waals surface area contributed by atoms with Gasteiger partial charge in [0.2, 0.25) is 0 Å². The summed E-state index contributed by atoms with van der Waals surface area (Å²) in [5.74, 6) is 1.70. The van der Waals surface area contributed by atoms with Crippen molar-refractivity contribution in [3.8, 4) is 0 Å². The van der Waals surface area contributed by atoms with E-state index in [1.165, 1.54) is 19.3 Å². The summed E-state index contributed by atoms with van der Waals surface area (Å²) >= 11 is 0. The summed E-state index contributed by atoms with van der Waals surface area (Å²) in [6, 6.07) is 4.27. The van der Waals surface area contributed by atoms with E-state index in [1.54, 1.807) is 0 Å². The van der Waals surface area contributed by atoms with Crippen LogP contribution in [-0.2, 0) is 0 Å². The highest BCUT2D eigenvalue weighted by Crippen LogP contribution is 2.41. The lowest BCUT2D eigenvalue weighted by atomic mass is 9.85. The molecule has 1 amide bonds. The number of aromatic nitrogens is 2. The van der Waals surface area contributed by atoms with Crippen LogP contribution in [0.15, 0.2) is 18.3 Å². The third-order valence-corrected chi connectivity index (χ3v) is 5.40. The van der Waals surface area contributed by atoms with Crippen LogP contribution in [0.5, 0.6) is 0 Å². The molecule has 4 rings (SSSR count). The quantitative estimate of drug-likeness (QED) is 0.925. The minimum absolute atomic E-state index is 0.0336. The average molecular weight is 297 g/mol. The zero-order valence-corrected chi connectivity index (χ0v) is 13.3. The number of rotatable bonds is 2. The van der Waals surface area contributed by atoms with Gasteiger partial charge in [-0.3, -0.25) is 4.79 Å². The van der Waals surface area contributed by atoms with Gasteiger partial charge in [0.25, 0.3) is 5.91 Å². The van der Waals surface area contributed by atoms with Crippen molar-refractivity contribution < 1.29 is 4.79 Å². The van der Waals surface area contributed by atoms with Crippen molar-refractivity contribution in [1.29, 1.82) is 0 Å². The van der Waals surface area contributed by atoms with Crippen LogP contribution in [0, 0.1) is 25.7 Å². The first-order chi connectivity index (χ1) is 10.6. The summed E-state index contributed by atoms with van der Waals surface area (Å²) in [7, 11) is 0. The molecule has 2 unspecified atom stereocenters. The molecule has 0 aromatic carbocycles. The standard InChI is InChI=1S/C18H23N3O/c1-11-7-12(2)21-6-5-16(17(21)19-11)18(22)20-15-9-13-3-4-14(8-13)10-15/h5-7,13-15H,3-4,8-10H2,1-2H3,(H,20,22). The predicted molar refractivity (Wildman–Crippen MR) is 86.0 cm³/mol. The number of nitrogens with zero attached hydrogens (tertiary/aromatic N) is 2. The number of aryl methyl sites for hydroxylation is 2. The lowest BCUT2D eigenvalue weighted by Gasteiger charge is -2.28. The zero-order chi connectivity index (χ0) is 15.3. The molecule has 2 atom stereocenters. The zero-order valence-electron chi connectivity index (χ0n) is 13.3. The van der Waals surface area contributed by atoms with Crippen molar-refractivity contribution in [3.05, 3.63) is 35.3 Å². The molecule has 0 saturated heterocycles. The number of fused-ring (bicyclic) bond motifs is 3. The van der Waals surface area contributed by atoms with Crippen LogP contribution in [0.3, 0.4) is 0 Å². The topological polar surface area (TPSA) is 46.4 Å². The van der Waals surface area contributed by atoms with E-state index in [2.05, 4.69) is 10.3 Å². The Kier molecular flexibility index (Phi) is 3.21. The van der Waals surface area contributed by atoms with Crippen molar-refractivity contribution in [2.24, 2.45) is 11.8 Å².